The minimum absolute atomic E-state index is 0.0388. The number of fused-ring (bicyclic) bond motifs is 1. The first-order valence-corrected chi connectivity index (χ1v) is 10.6. The van der Waals surface area contributed by atoms with E-state index in [-0.39, 0.29) is 22.1 Å². The van der Waals surface area contributed by atoms with Crippen LogP contribution in [0.2, 0.25) is 0 Å². The highest BCUT2D eigenvalue weighted by Gasteiger charge is 2.19. The number of thiocarbonyl (C=S) groups is 1. The molecule has 172 valence electrons. The Morgan fingerprint density at radius 3 is 2.65 bits per heavy atom. The molecular formula is C24H20N4O5S. The van der Waals surface area contributed by atoms with Gasteiger partial charge in [0, 0.05) is 22.9 Å². The van der Waals surface area contributed by atoms with Gasteiger partial charge in [-0.2, -0.15) is 0 Å². The fourth-order valence-electron chi connectivity index (χ4n) is 3.35. The number of hydrogen-bond donors (Lipinski definition) is 2. The Labute approximate surface area is 199 Å². The van der Waals surface area contributed by atoms with Crippen molar-refractivity contribution in [3.05, 3.63) is 81.4 Å². The number of ether oxygens (including phenoxy) is 1. The number of aryl methyl sites for hydroxylation is 2. The summed E-state index contributed by atoms with van der Waals surface area (Å²) in [5.41, 5.74) is 4.57. The van der Waals surface area contributed by atoms with Gasteiger partial charge in [-0.15, -0.1) is 0 Å². The minimum Gasteiger partial charge on any atom is -0.490 e. The molecule has 2 N–H and O–H groups in total. The van der Waals surface area contributed by atoms with Gasteiger partial charge in [-0.3, -0.25) is 20.2 Å². The number of nitrogens with zero attached hydrogens (tertiary/aromatic N) is 2. The van der Waals surface area contributed by atoms with Crippen molar-refractivity contribution in [2.75, 3.05) is 12.4 Å². The van der Waals surface area contributed by atoms with Crippen LogP contribution >= 0.6 is 12.2 Å². The van der Waals surface area contributed by atoms with Crippen molar-refractivity contribution in [1.29, 1.82) is 0 Å². The predicted octanol–water partition coefficient (Wildman–Crippen LogP) is 5.16. The molecule has 0 aliphatic heterocycles. The number of aromatic nitrogens is 1. The fourth-order valence-corrected chi connectivity index (χ4v) is 3.56. The van der Waals surface area contributed by atoms with E-state index in [2.05, 4.69) is 15.6 Å². The molecule has 0 fully saturated rings. The second-order valence-corrected chi connectivity index (χ2v) is 7.98. The first kappa shape index (κ1) is 22.9. The molecule has 0 aliphatic carbocycles. The zero-order valence-corrected chi connectivity index (χ0v) is 19.4. The van der Waals surface area contributed by atoms with Gasteiger partial charge in [0.1, 0.15) is 5.52 Å². The van der Waals surface area contributed by atoms with E-state index in [9.17, 15) is 14.9 Å². The maximum absolute atomic E-state index is 12.6. The van der Waals surface area contributed by atoms with E-state index in [1.165, 1.54) is 19.2 Å². The van der Waals surface area contributed by atoms with Crippen molar-refractivity contribution in [2.45, 2.75) is 13.8 Å². The molecule has 0 radical (unpaired) electrons. The predicted molar refractivity (Wildman–Crippen MR) is 132 cm³/mol. The van der Waals surface area contributed by atoms with Gasteiger partial charge in [-0.05, 0) is 73.6 Å². The van der Waals surface area contributed by atoms with E-state index in [4.69, 9.17) is 21.4 Å². The van der Waals surface area contributed by atoms with Crippen molar-refractivity contribution in [2.24, 2.45) is 0 Å². The average molecular weight is 477 g/mol. The van der Waals surface area contributed by atoms with Gasteiger partial charge in [-0.25, -0.2) is 4.98 Å². The quantitative estimate of drug-likeness (QED) is 0.230. The number of carbonyl (C=O) groups is 1. The van der Waals surface area contributed by atoms with Gasteiger partial charge in [0.2, 0.25) is 5.89 Å². The van der Waals surface area contributed by atoms with E-state index in [0.717, 1.165) is 28.3 Å². The van der Waals surface area contributed by atoms with Crippen molar-refractivity contribution >= 4 is 45.7 Å². The molecule has 0 saturated carbocycles. The van der Waals surface area contributed by atoms with E-state index in [1.807, 2.05) is 50.2 Å². The highest BCUT2D eigenvalue weighted by molar-refractivity contribution is 7.80. The topological polar surface area (TPSA) is 120 Å². The second kappa shape index (κ2) is 9.28. The molecule has 0 atom stereocenters. The molecule has 0 unspecified atom stereocenters. The standard InChI is InChI=1S/C24H20N4O5S/c1-13-4-8-20-18(10-13)25-23(33-20)16-6-5-14(2)17(11-16)26-24(34)27-22(29)15-7-9-21(32-3)19(12-15)28(30)31/h4-12H,1-3H3,(H2,26,27,29,34). The lowest BCUT2D eigenvalue weighted by Gasteiger charge is -2.13. The van der Waals surface area contributed by atoms with Crippen LogP contribution in [0.25, 0.3) is 22.6 Å². The largest absolute Gasteiger partial charge is 0.490 e. The fraction of sp³-hybridized carbons (Fsp3) is 0.125. The minimum atomic E-state index is -0.617. The van der Waals surface area contributed by atoms with Gasteiger partial charge in [0.05, 0.1) is 12.0 Å². The van der Waals surface area contributed by atoms with Gasteiger partial charge >= 0.3 is 5.69 Å². The number of nitrogens with one attached hydrogen (secondary N) is 2. The third-order valence-electron chi connectivity index (χ3n) is 5.14. The number of anilines is 1. The molecule has 0 spiro atoms. The number of nitro benzene ring substituents is 1. The Balaban J connectivity index is 1.52. The maximum Gasteiger partial charge on any atom is 0.311 e. The summed E-state index contributed by atoms with van der Waals surface area (Å²) in [5.74, 6) is -0.0698. The second-order valence-electron chi connectivity index (χ2n) is 7.57. The van der Waals surface area contributed by atoms with Crippen LogP contribution in [0.15, 0.2) is 59.0 Å². The average Bonchev–Trinajstić information content (AvgIpc) is 3.23. The lowest BCUT2D eigenvalue weighted by Crippen LogP contribution is -2.34. The molecule has 1 amide bonds. The number of amides is 1. The summed E-state index contributed by atoms with van der Waals surface area (Å²) in [6, 6.07) is 15.3. The first-order chi connectivity index (χ1) is 16.2. The zero-order valence-electron chi connectivity index (χ0n) is 18.5. The summed E-state index contributed by atoms with van der Waals surface area (Å²) in [7, 11) is 1.32. The monoisotopic (exact) mass is 476 g/mol. The molecule has 3 aromatic carbocycles. The van der Waals surface area contributed by atoms with Crippen LogP contribution in [0.5, 0.6) is 5.75 Å². The van der Waals surface area contributed by atoms with Crippen LogP contribution in [0, 0.1) is 24.0 Å². The van der Waals surface area contributed by atoms with Crippen LogP contribution in [-0.4, -0.2) is 28.0 Å². The number of carbonyl (C=O) groups excluding carboxylic acids is 1. The lowest BCUT2D eigenvalue weighted by atomic mass is 10.1. The Morgan fingerprint density at radius 1 is 1.12 bits per heavy atom. The molecule has 4 rings (SSSR count). The Kier molecular flexibility index (Phi) is 6.24. The van der Waals surface area contributed by atoms with Crippen LogP contribution in [0.3, 0.4) is 0 Å². The molecule has 9 nitrogen and oxygen atoms in total. The number of hydrogen-bond acceptors (Lipinski definition) is 7. The van der Waals surface area contributed by atoms with Gasteiger partial charge < -0.3 is 14.5 Å². The Morgan fingerprint density at radius 2 is 1.91 bits per heavy atom. The number of oxazole rings is 1. The van der Waals surface area contributed by atoms with Crippen molar-refractivity contribution in [1.82, 2.24) is 10.3 Å². The van der Waals surface area contributed by atoms with E-state index in [0.29, 0.717) is 17.2 Å². The SMILES string of the molecule is COc1ccc(C(=O)NC(=S)Nc2cc(-c3nc4cc(C)ccc4o3)ccc2C)cc1[N+](=O)[O-]. The van der Waals surface area contributed by atoms with Gasteiger partial charge in [0.25, 0.3) is 5.91 Å². The number of rotatable bonds is 5. The molecule has 1 aromatic heterocycles. The molecule has 10 heteroatoms. The molecule has 1 heterocycles. The molecule has 34 heavy (non-hydrogen) atoms. The summed E-state index contributed by atoms with van der Waals surface area (Å²) in [4.78, 5) is 27.8. The summed E-state index contributed by atoms with van der Waals surface area (Å²) in [6.45, 7) is 3.87. The summed E-state index contributed by atoms with van der Waals surface area (Å²) in [5, 5.41) is 16.8. The van der Waals surface area contributed by atoms with Crippen LogP contribution in [0.4, 0.5) is 11.4 Å². The molecule has 4 aromatic rings. The Hall–Kier alpha value is -4.31. The van der Waals surface area contributed by atoms with E-state index >= 15 is 0 Å². The van der Waals surface area contributed by atoms with E-state index < -0.39 is 10.8 Å². The van der Waals surface area contributed by atoms with Crippen LogP contribution in [0.1, 0.15) is 21.5 Å². The lowest BCUT2D eigenvalue weighted by molar-refractivity contribution is -0.385. The summed E-state index contributed by atoms with van der Waals surface area (Å²) in [6.07, 6.45) is 0. The van der Waals surface area contributed by atoms with Crippen LogP contribution < -0.4 is 15.4 Å². The summed E-state index contributed by atoms with van der Waals surface area (Å²) < 4.78 is 10.8. The zero-order chi connectivity index (χ0) is 24.4. The van der Waals surface area contributed by atoms with Crippen molar-refractivity contribution < 1.29 is 18.9 Å². The highest BCUT2D eigenvalue weighted by atomic mass is 32.1. The van der Waals surface area contributed by atoms with Gasteiger partial charge in [-0.1, -0.05) is 12.1 Å². The summed E-state index contributed by atoms with van der Waals surface area (Å²) >= 11 is 5.29. The molecule has 0 saturated heterocycles. The molecular weight excluding hydrogens is 456 g/mol. The highest BCUT2D eigenvalue weighted by Crippen LogP contribution is 2.29. The third-order valence-corrected chi connectivity index (χ3v) is 5.34. The molecule has 0 bridgehead atoms. The first-order valence-electron chi connectivity index (χ1n) is 10.2. The van der Waals surface area contributed by atoms with Crippen LogP contribution in [-0.2, 0) is 0 Å². The Bertz CT molecular complexity index is 1450. The number of benzene rings is 3. The number of nitro groups is 1. The maximum atomic E-state index is 12.6. The van der Waals surface area contributed by atoms with Crippen molar-refractivity contribution in [3.63, 3.8) is 0 Å². The van der Waals surface area contributed by atoms with Gasteiger partial charge in [0.15, 0.2) is 16.4 Å². The number of methoxy groups -OCH3 is 1. The molecule has 0 aliphatic rings. The third kappa shape index (κ3) is 4.71. The smallest absolute Gasteiger partial charge is 0.311 e. The van der Waals surface area contributed by atoms with E-state index in [1.54, 1.807) is 0 Å². The van der Waals surface area contributed by atoms with Crippen molar-refractivity contribution in [3.8, 4) is 17.2 Å². The normalized spacial score (nSPS) is 10.7.